The minimum absolute atomic E-state index is 0.0429. The number of rotatable bonds is 10. The first-order valence-corrected chi connectivity index (χ1v) is 19.2. The fourth-order valence-corrected chi connectivity index (χ4v) is 13.6. The highest BCUT2D eigenvalue weighted by Gasteiger charge is 3.06. The third-order valence-corrected chi connectivity index (χ3v) is 15.0. The molecule has 7 fully saturated rings. The van der Waals surface area contributed by atoms with Crippen LogP contribution in [0.2, 0.25) is 0 Å². The van der Waals surface area contributed by atoms with E-state index in [1.807, 2.05) is 20.8 Å². The number of ketones is 1. The van der Waals surface area contributed by atoms with Crippen LogP contribution in [0.1, 0.15) is 92.7 Å². The van der Waals surface area contributed by atoms with Crippen LogP contribution in [0.4, 0.5) is 0 Å². The fraction of sp³-hybridized carbons (Fsp3) is 0.744. The monoisotopic (exact) mass is 790 g/mol. The summed E-state index contributed by atoms with van der Waals surface area (Å²) in [5, 5.41) is 0. The number of furan rings is 1. The maximum atomic E-state index is 15.0. The summed E-state index contributed by atoms with van der Waals surface area (Å²) in [6.45, 7) is 12.9. The molecule has 4 bridgehead atoms. The first-order chi connectivity index (χ1) is 25.6. The van der Waals surface area contributed by atoms with Crippen LogP contribution in [-0.4, -0.2) is 89.2 Å². The Kier molecular flexibility index (Phi) is 8.04. The summed E-state index contributed by atoms with van der Waals surface area (Å²) in [6, 6.07) is 1.64. The van der Waals surface area contributed by atoms with Crippen LogP contribution in [0.5, 0.6) is 0 Å². The van der Waals surface area contributed by atoms with E-state index >= 15 is 0 Å². The van der Waals surface area contributed by atoms with Gasteiger partial charge in [0.2, 0.25) is 5.60 Å². The predicted molar refractivity (Wildman–Crippen MR) is 183 cm³/mol. The predicted octanol–water partition coefficient (Wildman–Crippen LogP) is 4.11. The van der Waals surface area contributed by atoms with Crippen molar-refractivity contribution in [3.05, 3.63) is 24.2 Å². The second kappa shape index (κ2) is 11.5. The number of hydrogen-bond donors (Lipinski definition) is 0. The van der Waals surface area contributed by atoms with Crippen molar-refractivity contribution in [2.45, 2.75) is 128 Å². The lowest BCUT2D eigenvalue weighted by atomic mass is 9.32. The van der Waals surface area contributed by atoms with E-state index in [0.29, 0.717) is 5.56 Å². The van der Waals surface area contributed by atoms with Gasteiger partial charge in [-0.15, -0.1) is 11.6 Å². The van der Waals surface area contributed by atoms with Crippen LogP contribution < -0.4 is 0 Å². The molecule has 4 aliphatic carbocycles. The molecule has 8 rings (SSSR count). The molecule has 4 saturated carbocycles. The molecule has 4 heterocycles. The van der Waals surface area contributed by atoms with E-state index in [1.54, 1.807) is 26.8 Å². The van der Waals surface area contributed by atoms with E-state index in [0.717, 1.165) is 0 Å². The first kappa shape index (κ1) is 38.3. The molecule has 300 valence electrons. The van der Waals surface area contributed by atoms with E-state index in [2.05, 4.69) is 0 Å². The summed E-state index contributed by atoms with van der Waals surface area (Å²) < 4.78 is 57.9. The zero-order chi connectivity index (χ0) is 40.1. The average Bonchev–Trinajstić information content (AvgIpc) is 3.80. The molecule has 15 nitrogen and oxygen atoms in total. The van der Waals surface area contributed by atoms with Gasteiger partial charge in [0.1, 0.15) is 40.5 Å². The molecule has 3 saturated heterocycles. The van der Waals surface area contributed by atoms with Crippen LogP contribution in [0, 0.1) is 39.9 Å². The van der Waals surface area contributed by atoms with Crippen LogP contribution in [0.25, 0.3) is 0 Å². The van der Waals surface area contributed by atoms with Crippen LogP contribution >= 0.6 is 11.6 Å². The highest BCUT2D eigenvalue weighted by atomic mass is 35.5. The highest BCUT2D eigenvalue weighted by molar-refractivity contribution is 6.26. The normalized spacial score (nSPS) is 47.1. The zero-order valence-electron chi connectivity index (χ0n) is 32.3. The zero-order valence-corrected chi connectivity index (χ0v) is 33.1. The van der Waals surface area contributed by atoms with E-state index in [1.165, 1.54) is 33.5 Å². The number of carbonyl (C=O) groups is 6. The van der Waals surface area contributed by atoms with Gasteiger partial charge >= 0.3 is 29.8 Å². The van der Waals surface area contributed by atoms with Crippen molar-refractivity contribution in [3.63, 3.8) is 0 Å². The van der Waals surface area contributed by atoms with Gasteiger partial charge in [-0.1, -0.05) is 34.6 Å². The van der Waals surface area contributed by atoms with Crippen molar-refractivity contribution in [1.82, 2.24) is 0 Å². The number of methoxy groups -OCH3 is 1. The summed E-state index contributed by atoms with van der Waals surface area (Å²) in [6.07, 6.45) is -1.13. The van der Waals surface area contributed by atoms with E-state index in [4.69, 9.17) is 53.9 Å². The van der Waals surface area contributed by atoms with Gasteiger partial charge in [-0.25, -0.2) is 0 Å². The van der Waals surface area contributed by atoms with Gasteiger partial charge in [0.05, 0.1) is 19.6 Å². The number of alkyl halides is 1. The maximum Gasteiger partial charge on any atom is 0.321 e. The molecule has 14 atom stereocenters. The standard InChI is InChI=1S/C39H47ClO15/c1-18(2)26(45)25-27-32(5,28(49-19(3)41)21-10-13-48-16-21)11-12-36-34(7)22(14-23(43)47-9)33(6)17-37(34)39(52-24(44)15-40,30(33)50-20(4)42)31(51-29(25)46)38(27,36)55-35(8,53-36)54-37/h10,13,16,18,22,25,27-28,30-31H,11-12,14-15,17H2,1-9H3. The molecular formula is C39H47ClO15. The molecule has 16 heteroatoms. The minimum Gasteiger partial charge on any atom is -0.472 e. The summed E-state index contributed by atoms with van der Waals surface area (Å²) >= 11 is 6.19. The Morgan fingerprint density at radius 2 is 1.65 bits per heavy atom. The molecule has 55 heavy (non-hydrogen) atoms. The summed E-state index contributed by atoms with van der Waals surface area (Å²) in [5.41, 5.74) is -10.8. The van der Waals surface area contributed by atoms with E-state index < -0.39 is 128 Å². The van der Waals surface area contributed by atoms with Crippen molar-refractivity contribution >= 4 is 47.2 Å². The smallest absolute Gasteiger partial charge is 0.321 e. The van der Waals surface area contributed by atoms with Gasteiger partial charge in [0.25, 0.3) is 5.97 Å². The molecular weight excluding hydrogens is 744 g/mol. The quantitative estimate of drug-likeness (QED) is 0.142. The number of ether oxygens (including phenoxy) is 8. The van der Waals surface area contributed by atoms with Crippen molar-refractivity contribution in [3.8, 4) is 0 Å². The molecule has 3 aliphatic heterocycles. The van der Waals surface area contributed by atoms with Gasteiger partial charge in [0, 0.05) is 60.8 Å². The molecule has 3 spiro atoms. The summed E-state index contributed by atoms with van der Waals surface area (Å²) in [5.74, 6) is -11.1. The topological polar surface area (TPSA) is 189 Å². The third kappa shape index (κ3) is 4.13. The number of halogens is 1. The molecule has 0 amide bonds. The van der Waals surface area contributed by atoms with Gasteiger partial charge in [-0.05, 0) is 31.2 Å². The Balaban J connectivity index is 1.52. The van der Waals surface area contributed by atoms with E-state index in [9.17, 15) is 28.8 Å². The number of fused-ring (bicyclic) bond motifs is 3. The Morgan fingerprint density at radius 1 is 0.964 bits per heavy atom. The second-order valence-corrected chi connectivity index (χ2v) is 17.9. The molecule has 0 aromatic carbocycles. The largest absolute Gasteiger partial charge is 0.472 e. The number of Topliss-reactive ketones (excluding diaryl/α,β-unsaturated/α-hetero) is 1. The summed E-state index contributed by atoms with van der Waals surface area (Å²) in [7, 11) is 1.27. The second-order valence-electron chi connectivity index (χ2n) is 17.6. The molecule has 14 unspecified atom stereocenters. The van der Waals surface area contributed by atoms with Crippen LogP contribution in [-0.2, 0) is 66.7 Å². The van der Waals surface area contributed by atoms with Gasteiger partial charge < -0.3 is 42.3 Å². The Morgan fingerprint density at radius 3 is 2.24 bits per heavy atom. The van der Waals surface area contributed by atoms with Crippen LogP contribution in [0.3, 0.4) is 0 Å². The summed E-state index contributed by atoms with van der Waals surface area (Å²) in [4.78, 5) is 83.2. The SMILES string of the molecule is COC(=O)CC1C2(C)CC34OC5(C)OC67C(C(C(=O)C(C)C)C(=O)OC6C3(OC(=O)CCl)C2OC(C)=O)C(C)(C(OC(C)=O)c2ccoc2)CCC7(O5)C14C. The molecule has 1 aromatic heterocycles. The fourth-order valence-electron chi connectivity index (χ4n) is 13.5. The molecule has 1 aromatic rings. The van der Waals surface area contributed by atoms with Crippen molar-refractivity contribution in [1.29, 1.82) is 0 Å². The Labute approximate surface area is 322 Å². The van der Waals surface area contributed by atoms with Crippen LogP contribution in [0.15, 0.2) is 23.0 Å². The molecule has 0 N–H and O–H groups in total. The maximum absolute atomic E-state index is 15.0. The first-order valence-electron chi connectivity index (χ1n) is 18.7. The van der Waals surface area contributed by atoms with Crippen molar-refractivity contribution in [2.24, 2.45) is 39.9 Å². The van der Waals surface area contributed by atoms with Crippen molar-refractivity contribution in [2.75, 3.05) is 13.0 Å². The lowest BCUT2D eigenvalue weighted by molar-refractivity contribution is -0.479. The molecule has 7 aliphatic rings. The Bertz CT molecular complexity index is 1900. The highest BCUT2D eigenvalue weighted by Crippen LogP contribution is 2.90. The minimum atomic E-state index is -2.17. The average molecular weight is 791 g/mol. The third-order valence-electron chi connectivity index (χ3n) is 14.8. The Hall–Kier alpha value is -3.53. The number of hydrogen-bond acceptors (Lipinski definition) is 15. The van der Waals surface area contributed by atoms with Crippen molar-refractivity contribution < 1.29 is 71.1 Å². The van der Waals surface area contributed by atoms with Gasteiger partial charge in [-0.3, -0.25) is 28.8 Å². The lowest BCUT2D eigenvalue weighted by Gasteiger charge is -2.78. The molecule has 0 radical (unpaired) electrons. The van der Waals surface area contributed by atoms with Gasteiger partial charge in [-0.2, -0.15) is 0 Å². The van der Waals surface area contributed by atoms with E-state index in [-0.39, 0.29) is 25.7 Å². The number of esters is 5. The van der Waals surface area contributed by atoms with Gasteiger partial charge in [0.15, 0.2) is 12.2 Å². The number of carbonyl (C=O) groups excluding carboxylic acids is 6. The lowest BCUT2D eigenvalue weighted by Crippen LogP contribution is -2.95.